The lowest BCUT2D eigenvalue weighted by molar-refractivity contribution is -0.118. The number of ether oxygens (including phenoxy) is 1. The monoisotopic (exact) mass is 286 g/mol. The highest BCUT2D eigenvalue weighted by Gasteiger charge is 2.05. The van der Waals surface area contributed by atoms with Crippen molar-refractivity contribution in [2.45, 2.75) is 20.0 Å². The Bertz CT molecular complexity index is 597. The van der Waals surface area contributed by atoms with Crippen LogP contribution in [-0.2, 0) is 17.8 Å². The molecule has 0 atom stereocenters. The van der Waals surface area contributed by atoms with Crippen molar-refractivity contribution in [2.75, 3.05) is 11.9 Å². The summed E-state index contributed by atoms with van der Waals surface area (Å²) in [5.41, 5.74) is 1.91. The number of aryl methyl sites for hydroxylation is 1. The highest BCUT2D eigenvalue weighted by Crippen LogP contribution is 2.12. The molecule has 0 aliphatic carbocycles. The van der Waals surface area contributed by atoms with E-state index in [-0.39, 0.29) is 19.1 Å². The second-order valence-electron chi connectivity index (χ2n) is 4.54. The van der Waals surface area contributed by atoms with Crippen LogP contribution in [0.5, 0.6) is 5.75 Å². The molecule has 0 fully saturated rings. The van der Waals surface area contributed by atoms with E-state index in [0.717, 1.165) is 6.42 Å². The number of anilines is 1. The number of pyridine rings is 1. The van der Waals surface area contributed by atoms with E-state index < -0.39 is 0 Å². The Balaban J connectivity index is 1.86. The minimum absolute atomic E-state index is 0.0868. The van der Waals surface area contributed by atoms with Crippen molar-refractivity contribution >= 4 is 11.7 Å². The van der Waals surface area contributed by atoms with Crippen LogP contribution in [-0.4, -0.2) is 22.6 Å². The molecule has 0 saturated heterocycles. The Morgan fingerprint density at radius 2 is 2.00 bits per heavy atom. The molecule has 1 aromatic carbocycles. The zero-order valence-corrected chi connectivity index (χ0v) is 11.9. The number of benzene rings is 1. The van der Waals surface area contributed by atoms with Crippen molar-refractivity contribution in [3.63, 3.8) is 0 Å². The third-order valence-electron chi connectivity index (χ3n) is 2.98. The van der Waals surface area contributed by atoms with E-state index in [1.807, 2.05) is 24.3 Å². The molecule has 1 amide bonds. The summed E-state index contributed by atoms with van der Waals surface area (Å²) in [6.07, 6.45) is 2.50. The van der Waals surface area contributed by atoms with Crippen molar-refractivity contribution in [2.24, 2.45) is 0 Å². The molecule has 2 aromatic rings. The summed E-state index contributed by atoms with van der Waals surface area (Å²) in [5.74, 6) is 0.757. The topological polar surface area (TPSA) is 71.5 Å². The van der Waals surface area contributed by atoms with E-state index in [1.165, 1.54) is 11.8 Å². The van der Waals surface area contributed by atoms with Crippen LogP contribution in [0.3, 0.4) is 0 Å². The molecule has 21 heavy (non-hydrogen) atoms. The maximum atomic E-state index is 11.8. The highest BCUT2D eigenvalue weighted by molar-refractivity contribution is 5.91. The molecule has 1 aromatic heterocycles. The number of hydrogen-bond donors (Lipinski definition) is 2. The van der Waals surface area contributed by atoms with E-state index in [1.54, 1.807) is 12.1 Å². The fourth-order valence-corrected chi connectivity index (χ4v) is 1.79. The number of aliphatic hydroxyl groups excluding tert-OH is 1. The average Bonchev–Trinajstić information content (AvgIpc) is 2.53. The van der Waals surface area contributed by atoms with Gasteiger partial charge in [0.15, 0.2) is 6.61 Å². The molecule has 5 heteroatoms. The number of aliphatic hydroxyl groups is 1. The van der Waals surface area contributed by atoms with Crippen LogP contribution in [0.1, 0.15) is 18.1 Å². The van der Waals surface area contributed by atoms with Crippen molar-refractivity contribution in [1.29, 1.82) is 0 Å². The Morgan fingerprint density at radius 1 is 1.24 bits per heavy atom. The molecule has 110 valence electrons. The standard InChI is InChI=1S/C16H18N2O3/c1-2-12-3-5-14(6-4-12)21-11-16(20)18-15-9-13(10-19)7-8-17-15/h3-9,19H,2,10-11H2,1H3,(H,17,18,20). The van der Waals surface area contributed by atoms with Gasteiger partial charge in [-0.25, -0.2) is 4.98 Å². The van der Waals surface area contributed by atoms with E-state index in [9.17, 15) is 4.79 Å². The minimum Gasteiger partial charge on any atom is -0.484 e. The third kappa shape index (κ3) is 4.57. The number of aromatic nitrogens is 1. The van der Waals surface area contributed by atoms with Crippen LogP contribution < -0.4 is 10.1 Å². The lowest BCUT2D eigenvalue weighted by Gasteiger charge is -2.08. The summed E-state index contributed by atoms with van der Waals surface area (Å²) in [4.78, 5) is 15.8. The van der Waals surface area contributed by atoms with E-state index in [2.05, 4.69) is 17.2 Å². The Labute approximate surface area is 123 Å². The predicted octanol–water partition coefficient (Wildman–Crippen LogP) is 2.15. The predicted molar refractivity (Wildman–Crippen MR) is 80.1 cm³/mol. The van der Waals surface area contributed by atoms with Gasteiger partial charge in [0.05, 0.1) is 6.61 Å². The first-order valence-corrected chi connectivity index (χ1v) is 6.78. The molecular formula is C16H18N2O3. The molecule has 1 heterocycles. The zero-order valence-electron chi connectivity index (χ0n) is 11.9. The van der Waals surface area contributed by atoms with Crippen LogP contribution >= 0.6 is 0 Å². The summed E-state index contributed by atoms with van der Waals surface area (Å²) in [6, 6.07) is 10.9. The molecular weight excluding hydrogens is 268 g/mol. The molecule has 0 saturated carbocycles. The van der Waals surface area contributed by atoms with Gasteiger partial charge in [-0.1, -0.05) is 19.1 Å². The average molecular weight is 286 g/mol. The van der Waals surface area contributed by atoms with E-state index in [4.69, 9.17) is 9.84 Å². The molecule has 5 nitrogen and oxygen atoms in total. The molecule has 0 aliphatic heterocycles. The summed E-state index contributed by atoms with van der Waals surface area (Å²) in [7, 11) is 0. The Kier molecular flexibility index (Phi) is 5.29. The van der Waals surface area contributed by atoms with Gasteiger partial charge in [0.2, 0.25) is 0 Å². The fraction of sp³-hybridized carbons (Fsp3) is 0.250. The first kappa shape index (κ1) is 15.0. The largest absolute Gasteiger partial charge is 0.484 e. The van der Waals surface area contributed by atoms with Gasteiger partial charge in [-0.3, -0.25) is 4.79 Å². The van der Waals surface area contributed by atoms with Gasteiger partial charge in [0.1, 0.15) is 11.6 Å². The van der Waals surface area contributed by atoms with Gasteiger partial charge in [0.25, 0.3) is 5.91 Å². The molecule has 0 unspecified atom stereocenters. The summed E-state index contributed by atoms with van der Waals surface area (Å²) in [6.45, 7) is 1.90. The smallest absolute Gasteiger partial charge is 0.263 e. The molecule has 0 radical (unpaired) electrons. The normalized spacial score (nSPS) is 10.2. The Morgan fingerprint density at radius 3 is 2.67 bits per heavy atom. The van der Waals surface area contributed by atoms with E-state index >= 15 is 0 Å². The summed E-state index contributed by atoms with van der Waals surface area (Å²) < 4.78 is 5.41. The molecule has 0 aliphatic rings. The number of hydrogen-bond acceptors (Lipinski definition) is 4. The first-order chi connectivity index (χ1) is 10.2. The fourth-order valence-electron chi connectivity index (χ4n) is 1.79. The number of amides is 1. The second-order valence-corrected chi connectivity index (χ2v) is 4.54. The minimum atomic E-state index is -0.294. The zero-order chi connectivity index (χ0) is 15.1. The van der Waals surface area contributed by atoms with Crippen molar-refractivity contribution in [3.8, 4) is 5.75 Å². The van der Waals surface area contributed by atoms with Crippen LogP contribution in [0.25, 0.3) is 0 Å². The number of nitrogens with one attached hydrogen (secondary N) is 1. The van der Waals surface area contributed by atoms with Gasteiger partial charge >= 0.3 is 0 Å². The summed E-state index contributed by atoms with van der Waals surface area (Å²) in [5, 5.41) is 11.6. The Hall–Kier alpha value is -2.40. The van der Waals surface area contributed by atoms with E-state index in [0.29, 0.717) is 17.1 Å². The second kappa shape index (κ2) is 7.40. The highest BCUT2D eigenvalue weighted by atomic mass is 16.5. The maximum absolute atomic E-state index is 11.8. The molecule has 2 rings (SSSR count). The first-order valence-electron chi connectivity index (χ1n) is 6.78. The number of carbonyl (C=O) groups is 1. The maximum Gasteiger partial charge on any atom is 0.263 e. The van der Waals surface area contributed by atoms with Crippen molar-refractivity contribution in [1.82, 2.24) is 4.98 Å². The van der Waals surface area contributed by atoms with Gasteiger partial charge in [0, 0.05) is 6.20 Å². The van der Waals surface area contributed by atoms with Crippen LogP contribution in [0.4, 0.5) is 5.82 Å². The van der Waals surface area contributed by atoms with Gasteiger partial charge in [-0.2, -0.15) is 0 Å². The van der Waals surface area contributed by atoms with Crippen LogP contribution in [0, 0.1) is 0 Å². The lowest BCUT2D eigenvalue weighted by Crippen LogP contribution is -2.20. The molecule has 0 bridgehead atoms. The summed E-state index contributed by atoms with van der Waals surface area (Å²) >= 11 is 0. The van der Waals surface area contributed by atoms with Crippen molar-refractivity contribution < 1.29 is 14.6 Å². The number of nitrogens with zero attached hydrogens (tertiary/aromatic N) is 1. The van der Waals surface area contributed by atoms with Crippen LogP contribution in [0.2, 0.25) is 0 Å². The lowest BCUT2D eigenvalue weighted by atomic mass is 10.2. The van der Waals surface area contributed by atoms with Gasteiger partial charge < -0.3 is 15.2 Å². The van der Waals surface area contributed by atoms with Gasteiger partial charge in [-0.15, -0.1) is 0 Å². The SMILES string of the molecule is CCc1ccc(OCC(=O)Nc2cc(CO)ccn2)cc1. The number of carbonyl (C=O) groups excluding carboxylic acids is 1. The number of rotatable bonds is 6. The van der Waals surface area contributed by atoms with Crippen molar-refractivity contribution in [3.05, 3.63) is 53.7 Å². The molecule has 2 N–H and O–H groups in total. The van der Waals surface area contributed by atoms with Gasteiger partial charge in [-0.05, 0) is 41.8 Å². The third-order valence-corrected chi connectivity index (χ3v) is 2.98. The van der Waals surface area contributed by atoms with Crippen LogP contribution in [0.15, 0.2) is 42.6 Å². The quantitative estimate of drug-likeness (QED) is 0.853. The molecule has 0 spiro atoms.